The van der Waals surface area contributed by atoms with Crippen molar-refractivity contribution >= 4 is 43.1 Å². The van der Waals surface area contributed by atoms with E-state index in [1.807, 2.05) is 18.5 Å². The number of sulfone groups is 1. The lowest BCUT2D eigenvalue weighted by Gasteiger charge is -2.11. The highest BCUT2D eigenvalue weighted by Gasteiger charge is 2.18. The maximum atomic E-state index is 11.9. The molecule has 0 aliphatic heterocycles. The number of nitrogens with one attached hydrogen (secondary N) is 2. The molecule has 0 amide bonds. The molecule has 9 heteroatoms. The largest absolute Gasteiger partial charge is 0.335 e. The predicted octanol–water partition coefficient (Wildman–Crippen LogP) is 3.65. The molecule has 0 saturated carbocycles. The Kier molecular flexibility index (Phi) is 4.15. The smallest absolute Gasteiger partial charge is 0.175 e. The summed E-state index contributed by atoms with van der Waals surface area (Å²) in [7, 11) is -3.31. The van der Waals surface area contributed by atoms with Gasteiger partial charge in [-0.3, -0.25) is 9.78 Å². The molecule has 0 radical (unpaired) electrons. The molecule has 0 unspecified atom stereocenters. The summed E-state index contributed by atoms with van der Waals surface area (Å²) in [6.07, 6.45) is 2.88. The molecule has 8 nitrogen and oxygen atoms in total. The Balaban J connectivity index is 1.90. The average Bonchev–Trinajstić information content (AvgIpc) is 3.21. The number of benzene rings is 1. The zero-order valence-corrected chi connectivity index (χ0v) is 17.2. The molecule has 0 spiro atoms. The van der Waals surface area contributed by atoms with Crippen molar-refractivity contribution in [2.45, 2.75) is 38.6 Å². The quantitative estimate of drug-likeness (QED) is 0.543. The number of fused-ring (bicyclic) bond motifs is 3. The number of H-pyrrole nitrogens is 1. The molecule has 1 aromatic carbocycles. The number of aryl methyl sites for hydroxylation is 1. The van der Waals surface area contributed by atoms with Gasteiger partial charge >= 0.3 is 0 Å². The highest BCUT2D eigenvalue weighted by molar-refractivity contribution is 7.90. The Morgan fingerprint density at radius 3 is 2.57 bits per heavy atom. The van der Waals surface area contributed by atoms with E-state index in [-0.39, 0.29) is 10.9 Å². The number of nitrogens with zero attached hydrogens (tertiary/aromatic N) is 4. The Hall–Kier alpha value is -2.94. The number of anilines is 2. The molecular weight excluding hydrogens is 376 g/mol. The first-order chi connectivity index (χ1) is 13.2. The summed E-state index contributed by atoms with van der Waals surface area (Å²) in [6.45, 7) is 8.15. The zero-order valence-electron chi connectivity index (χ0n) is 16.4. The number of hydrogen-bond donors (Lipinski definition) is 2. The van der Waals surface area contributed by atoms with Crippen molar-refractivity contribution in [3.05, 3.63) is 35.8 Å². The van der Waals surface area contributed by atoms with E-state index in [2.05, 4.69) is 34.5 Å². The fourth-order valence-electron chi connectivity index (χ4n) is 3.46. The third-order valence-corrected chi connectivity index (χ3v) is 5.96. The van der Waals surface area contributed by atoms with Crippen LogP contribution in [0.1, 0.15) is 31.3 Å². The summed E-state index contributed by atoms with van der Waals surface area (Å²) in [5, 5.41) is 16.7. The highest BCUT2D eigenvalue weighted by atomic mass is 32.2. The van der Waals surface area contributed by atoms with Crippen LogP contribution in [0.5, 0.6) is 0 Å². The first-order valence-corrected chi connectivity index (χ1v) is 10.9. The molecule has 0 aliphatic carbocycles. The van der Waals surface area contributed by atoms with E-state index >= 15 is 0 Å². The molecule has 28 heavy (non-hydrogen) atoms. The molecular formula is C19H22N6O2S. The normalized spacial score (nSPS) is 12.4. The minimum Gasteiger partial charge on any atom is -0.335 e. The van der Waals surface area contributed by atoms with Crippen molar-refractivity contribution in [3.63, 3.8) is 0 Å². The lowest BCUT2D eigenvalue weighted by molar-refractivity contribution is 0.516. The topological polar surface area (TPSA) is 106 Å². The number of rotatable bonds is 4. The van der Waals surface area contributed by atoms with Crippen LogP contribution < -0.4 is 5.32 Å². The molecule has 0 atom stereocenters. The average molecular weight is 398 g/mol. The Bertz CT molecular complexity index is 1320. The van der Waals surface area contributed by atoms with E-state index in [4.69, 9.17) is 4.98 Å². The summed E-state index contributed by atoms with van der Waals surface area (Å²) >= 11 is 0. The molecule has 3 heterocycles. The van der Waals surface area contributed by atoms with Gasteiger partial charge in [0.1, 0.15) is 5.52 Å². The van der Waals surface area contributed by atoms with Crippen LogP contribution >= 0.6 is 0 Å². The third-order valence-electron chi connectivity index (χ3n) is 4.85. The van der Waals surface area contributed by atoms with Gasteiger partial charge in [-0.1, -0.05) is 0 Å². The fraction of sp³-hybridized carbons (Fsp3) is 0.316. The second kappa shape index (κ2) is 6.30. The Morgan fingerprint density at radius 2 is 1.93 bits per heavy atom. The fourth-order valence-corrected chi connectivity index (χ4v) is 4.11. The first kappa shape index (κ1) is 18.4. The van der Waals surface area contributed by atoms with Crippen molar-refractivity contribution < 1.29 is 8.42 Å². The van der Waals surface area contributed by atoms with E-state index in [1.54, 1.807) is 24.4 Å². The number of pyridine rings is 1. The lowest BCUT2D eigenvalue weighted by atomic mass is 10.1. The van der Waals surface area contributed by atoms with Crippen molar-refractivity contribution in [3.8, 4) is 0 Å². The van der Waals surface area contributed by atoms with E-state index in [1.165, 1.54) is 6.26 Å². The molecule has 0 fully saturated rings. The maximum Gasteiger partial charge on any atom is 0.175 e. The molecule has 0 aliphatic rings. The molecule has 2 N–H and O–H groups in total. The number of aromatic nitrogens is 5. The van der Waals surface area contributed by atoms with E-state index < -0.39 is 9.84 Å². The molecule has 0 saturated heterocycles. The summed E-state index contributed by atoms with van der Waals surface area (Å²) < 4.78 is 25.8. The van der Waals surface area contributed by atoms with Gasteiger partial charge < -0.3 is 5.32 Å². The summed E-state index contributed by atoms with van der Waals surface area (Å²) in [5.74, 6) is 0.626. The monoisotopic (exact) mass is 398 g/mol. The van der Waals surface area contributed by atoms with Gasteiger partial charge in [-0.15, -0.1) is 0 Å². The van der Waals surface area contributed by atoms with Crippen molar-refractivity contribution in [2.75, 3.05) is 11.6 Å². The van der Waals surface area contributed by atoms with Gasteiger partial charge in [0.15, 0.2) is 15.7 Å². The number of aromatic amines is 1. The minimum atomic E-state index is -3.31. The maximum absolute atomic E-state index is 11.9. The second-order valence-electron chi connectivity index (χ2n) is 7.28. The van der Waals surface area contributed by atoms with Crippen molar-refractivity contribution in [2.24, 2.45) is 0 Å². The summed E-state index contributed by atoms with van der Waals surface area (Å²) in [5.41, 5.74) is 4.22. The predicted molar refractivity (Wildman–Crippen MR) is 110 cm³/mol. The SMILES string of the molecule is Cc1nn(C(C)C)c(C)c1Nc1nc2ccc(S(C)(=O)=O)cc2c2cn[nH]c12. The van der Waals surface area contributed by atoms with Crippen LogP contribution in [-0.4, -0.2) is 39.6 Å². The molecule has 3 aromatic heterocycles. The molecule has 0 bridgehead atoms. The van der Waals surface area contributed by atoms with Gasteiger partial charge in [0.25, 0.3) is 0 Å². The first-order valence-electron chi connectivity index (χ1n) is 8.96. The highest BCUT2D eigenvalue weighted by Crippen LogP contribution is 2.33. The minimum absolute atomic E-state index is 0.250. The lowest BCUT2D eigenvalue weighted by Crippen LogP contribution is -2.05. The van der Waals surface area contributed by atoms with E-state index in [9.17, 15) is 8.42 Å². The van der Waals surface area contributed by atoms with Gasteiger partial charge in [-0.05, 0) is 45.9 Å². The standard InChI is InChI=1S/C19H22N6O2S/c1-10(2)25-12(4)17(11(3)24-25)22-19-18-15(9-20-23-18)14-8-13(28(5,26)27)6-7-16(14)21-19/h6-10H,1-5H3,(H,20,23)(H,21,22). The van der Waals surface area contributed by atoms with Gasteiger partial charge in [0.2, 0.25) is 0 Å². The summed E-state index contributed by atoms with van der Waals surface area (Å²) in [6, 6.07) is 5.20. The zero-order chi connectivity index (χ0) is 20.2. The van der Waals surface area contributed by atoms with Crippen LogP contribution in [0, 0.1) is 13.8 Å². The third kappa shape index (κ3) is 2.91. The van der Waals surface area contributed by atoms with Crippen LogP contribution in [0.2, 0.25) is 0 Å². The molecule has 4 aromatic rings. The Labute approximate surface area is 162 Å². The van der Waals surface area contributed by atoms with Crippen LogP contribution in [0.15, 0.2) is 29.3 Å². The van der Waals surface area contributed by atoms with Gasteiger partial charge in [-0.2, -0.15) is 10.2 Å². The van der Waals surface area contributed by atoms with Crippen LogP contribution in [0.3, 0.4) is 0 Å². The van der Waals surface area contributed by atoms with Gasteiger partial charge in [-0.25, -0.2) is 13.4 Å². The number of hydrogen-bond acceptors (Lipinski definition) is 6. The van der Waals surface area contributed by atoms with Gasteiger partial charge in [0.05, 0.1) is 33.7 Å². The Morgan fingerprint density at radius 1 is 1.18 bits per heavy atom. The molecule has 4 rings (SSSR count). The van der Waals surface area contributed by atoms with Crippen molar-refractivity contribution in [1.82, 2.24) is 25.0 Å². The second-order valence-corrected chi connectivity index (χ2v) is 9.30. The van der Waals surface area contributed by atoms with Crippen LogP contribution in [0.4, 0.5) is 11.5 Å². The molecule has 146 valence electrons. The van der Waals surface area contributed by atoms with Crippen molar-refractivity contribution in [1.29, 1.82) is 0 Å². The van der Waals surface area contributed by atoms with Crippen LogP contribution in [0.25, 0.3) is 21.8 Å². The summed E-state index contributed by atoms with van der Waals surface area (Å²) in [4.78, 5) is 4.98. The van der Waals surface area contributed by atoms with Crippen LogP contribution in [-0.2, 0) is 9.84 Å². The van der Waals surface area contributed by atoms with E-state index in [0.717, 1.165) is 27.8 Å². The van der Waals surface area contributed by atoms with E-state index in [0.29, 0.717) is 16.9 Å². The van der Waals surface area contributed by atoms with Gasteiger partial charge in [0, 0.05) is 23.1 Å².